The minimum atomic E-state index is -2.74. The van der Waals surface area contributed by atoms with Gasteiger partial charge in [-0.2, -0.15) is 0 Å². The van der Waals surface area contributed by atoms with Gasteiger partial charge in [0.1, 0.15) is 5.82 Å². The molecule has 0 saturated heterocycles. The van der Waals surface area contributed by atoms with Crippen molar-refractivity contribution in [2.24, 2.45) is 5.73 Å². The maximum Gasteiger partial charge on any atom is 0.252 e. The highest BCUT2D eigenvalue weighted by molar-refractivity contribution is 5.85. The summed E-state index contributed by atoms with van der Waals surface area (Å²) in [5.41, 5.74) is 4.68. The van der Waals surface area contributed by atoms with Gasteiger partial charge in [0.2, 0.25) is 0 Å². The Morgan fingerprint density at radius 2 is 1.67 bits per heavy atom. The molecule has 15 heavy (non-hydrogen) atoms. The molecule has 1 nitrogen and oxygen atoms in total. The largest absolute Gasteiger partial charge is 0.321 e. The third-order valence-corrected chi connectivity index (χ3v) is 2.56. The summed E-state index contributed by atoms with van der Waals surface area (Å²) in [6, 6.07) is 5.81. The summed E-state index contributed by atoms with van der Waals surface area (Å²) in [5, 5.41) is 0. The Balaban J connectivity index is 0.00000112. The second kappa shape index (κ2) is 3.68. The van der Waals surface area contributed by atoms with Crippen molar-refractivity contribution < 1.29 is 13.2 Å². The van der Waals surface area contributed by atoms with Crippen LogP contribution >= 0.6 is 12.4 Å². The van der Waals surface area contributed by atoms with Crippen LogP contribution in [0.15, 0.2) is 24.3 Å². The number of nitrogens with two attached hydrogens (primary N) is 1. The lowest BCUT2D eigenvalue weighted by Gasteiger charge is -2.44. The third-order valence-electron chi connectivity index (χ3n) is 2.56. The topological polar surface area (TPSA) is 26.0 Å². The van der Waals surface area contributed by atoms with E-state index in [4.69, 9.17) is 5.73 Å². The molecule has 0 spiro atoms. The van der Waals surface area contributed by atoms with Crippen LogP contribution in [0.4, 0.5) is 13.2 Å². The van der Waals surface area contributed by atoms with E-state index in [1.165, 1.54) is 18.2 Å². The first-order valence-corrected chi connectivity index (χ1v) is 4.35. The second-order valence-corrected chi connectivity index (χ2v) is 3.85. The van der Waals surface area contributed by atoms with E-state index >= 15 is 0 Å². The molecular formula is C10H11ClF3N. The van der Waals surface area contributed by atoms with Crippen LogP contribution in [-0.2, 0) is 5.54 Å². The molecule has 0 unspecified atom stereocenters. The Hall–Kier alpha value is -0.740. The van der Waals surface area contributed by atoms with Crippen molar-refractivity contribution in [2.45, 2.75) is 24.3 Å². The zero-order valence-corrected chi connectivity index (χ0v) is 8.66. The molecule has 1 aliphatic rings. The van der Waals surface area contributed by atoms with Gasteiger partial charge >= 0.3 is 0 Å². The lowest BCUT2D eigenvalue weighted by Crippen LogP contribution is -2.55. The Kier molecular flexibility index (Phi) is 3.03. The highest BCUT2D eigenvalue weighted by atomic mass is 35.5. The van der Waals surface area contributed by atoms with Crippen molar-refractivity contribution in [3.63, 3.8) is 0 Å². The van der Waals surface area contributed by atoms with E-state index in [2.05, 4.69) is 0 Å². The van der Waals surface area contributed by atoms with Gasteiger partial charge in [0, 0.05) is 18.4 Å². The predicted molar refractivity (Wildman–Crippen MR) is 53.7 cm³/mol. The fourth-order valence-corrected chi connectivity index (χ4v) is 1.93. The first-order valence-electron chi connectivity index (χ1n) is 4.35. The summed E-state index contributed by atoms with van der Waals surface area (Å²) in [5.74, 6) is -3.25. The van der Waals surface area contributed by atoms with Gasteiger partial charge in [-0.1, -0.05) is 18.2 Å². The van der Waals surface area contributed by atoms with E-state index in [1.54, 1.807) is 6.07 Å². The quantitative estimate of drug-likeness (QED) is 0.799. The van der Waals surface area contributed by atoms with Crippen LogP contribution in [0.5, 0.6) is 0 Å². The van der Waals surface area contributed by atoms with Crippen LogP contribution in [0.25, 0.3) is 0 Å². The van der Waals surface area contributed by atoms with E-state index in [9.17, 15) is 13.2 Å². The zero-order chi connectivity index (χ0) is 10.4. The SMILES string of the molecule is Cl.NC1(c2ccccc2F)CC(F)(F)C1. The standard InChI is InChI=1S/C10H10F3N.ClH/c11-8-4-2-1-3-7(8)9(14)5-10(12,13)6-9;/h1-4H,5-6,14H2;1H. The number of hydrogen-bond acceptors (Lipinski definition) is 1. The predicted octanol–water partition coefficient (Wildman–Crippen LogP) is 2.83. The molecule has 1 aliphatic carbocycles. The van der Waals surface area contributed by atoms with Gasteiger partial charge in [0.25, 0.3) is 5.92 Å². The Morgan fingerprint density at radius 1 is 1.13 bits per heavy atom. The van der Waals surface area contributed by atoms with Crippen molar-refractivity contribution in [1.82, 2.24) is 0 Å². The number of hydrogen-bond donors (Lipinski definition) is 1. The lowest BCUT2D eigenvalue weighted by atomic mass is 9.69. The average Bonchev–Trinajstić information content (AvgIpc) is 2.00. The molecule has 0 radical (unpaired) electrons. The molecule has 5 heteroatoms. The van der Waals surface area contributed by atoms with Crippen molar-refractivity contribution in [1.29, 1.82) is 0 Å². The molecular weight excluding hydrogens is 227 g/mol. The number of alkyl halides is 2. The molecule has 0 aliphatic heterocycles. The number of rotatable bonds is 1. The summed E-state index contributed by atoms with van der Waals surface area (Å²) in [4.78, 5) is 0. The first-order chi connectivity index (χ1) is 6.43. The van der Waals surface area contributed by atoms with Crippen LogP contribution in [0.2, 0.25) is 0 Å². The maximum absolute atomic E-state index is 13.2. The van der Waals surface area contributed by atoms with Crippen molar-refractivity contribution >= 4 is 12.4 Å². The normalized spacial score (nSPS) is 21.3. The molecule has 0 heterocycles. The van der Waals surface area contributed by atoms with Gasteiger partial charge in [-0.15, -0.1) is 12.4 Å². The number of benzene rings is 1. The molecule has 1 fully saturated rings. The smallest absolute Gasteiger partial charge is 0.252 e. The fraction of sp³-hybridized carbons (Fsp3) is 0.400. The monoisotopic (exact) mass is 237 g/mol. The minimum Gasteiger partial charge on any atom is -0.321 e. The molecule has 1 aromatic rings. The second-order valence-electron chi connectivity index (χ2n) is 3.85. The Labute approximate surface area is 91.9 Å². The van der Waals surface area contributed by atoms with Gasteiger partial charge < -0.3 is 5.73 Å². The van der Waals surface area contributed by atoms with E-state index in [-0.39, 0.29) is 18.0 Å². The van der Waals surface area contributed by atoms with Gasteiger partial charge in [0.05, 0.1) is 5.54 Å². The minimum absolute atomic E-state index is 0. The zero-order valence-electron chi connectivity index (χ0n) is 7.84. The van der Waals surface area contributed by atoms with Crippen LogP contribution in [0.1, 0.15) is 18.4 Å². The summed E-state index contributed by atoms with van der Waals surface area (Å²) >= 11 is 0. The average molecular weight is 238 g/mol. The summed E-state index contributed by atoms with van der Waals surface area (Å²) in [6.45, 7) is 0. The fourth-order valence-electron chi connectivity index (χ4n) is 1.93. The summed E-state index contributed by atoms with van der Waals surface area (Å²) in [6.07, 6.45) is -0.943. The lowest BCUT2D eigenvalue weighted by molar-refractivity contribution is -0.125. The van der Waals surface area contributed by atoms with Crippen molar-refractivity contribution in [3.8, 4) is 0 Å². The van der Waals surface area contributed by atoms with Gasteiger partial charge in [0.15, 0.2) is 0 Å². The first kappa shape index (κ1) is 12.3. The van der Waals surface area contributed by atoms with Crippen LogP contribution in [-0.4, -0.2) is 5.92 Å². The maximum atomic E-state index is 13.2. The molecule has 0 amide bonds. The molecule has 1 saturated carbocycles. The van der Waals surface area contributed by atoms with Crippen LogP contribution in [0, 0.1) is 5.82 Å². The van der Waals surface area contributed by atoms with E-state index in [0.29, 0.717) is 0 Å². The Morgan fingerprint density at radius 3 is 2.13 bits per heavy atom. The van der Waals surface area contributed by atoms with E-state index in [1.807, 2.05) is 0 Å². The number of halogens is 4. The van der Waals surface area contributed by atoms with Crippen LogP contribution < -0.4 is 5.73 Å². The molecule has 0 atom stereocenters. The summed E-state index contributed by atoms with van der Waals surface area (Å²) in [7, 11) is 0. The summed E-state index contributed by atoms with van der Waals surface area (Å²) < 4.78 is 38.5. The highest BCUT2D eigenvalue weighted by Crippen LogP contribution is 2.50. The molecule has 0 aromatic heterocycles. The third kappa shape index (κ3) is 2.11. The molecule has 84 valence electrons. The molecule has 2 rings (SSSR count). The van der Waals surface area contributed by atoms with Gasteiger partial charge in [-0.05, 0) is 6.07 Å². The Bertz CT molecular complexity index is 359. The van der Waals surface area contributed by atoms with Crippen LogP contribution in [0.3, 0.4) is 0 Å². The molecule has 0 bridgehead atoms. The van der Waals surface area contributed by atoms with Crippen molar-refractivity contribution in [2.75, 3.05) is 0 Å². The van der Waals surface area contributed by atoms with Gasteiger partial charge in [-0.25, -0.2) is 13.2 Å². The highest BCUT2D eigenvalue weighted by Gasteiger charge is 2.55. The molecule has 2 N–H and O–H groups in total. The molecule has 1 aromatic carbocycles. The van der Waals surface area contributed by atoms with Gasteiger partial charge in [-0.3, -0.25) is 0 Å². The van der Waals surface area contributed by atoms with E-state index < -0.39 is 30.1 Å². The van der Waals surface area contributed by atoms with E-state index in [0.717, 1.165) is 0 Å². The van der Waals surface area contributed by atoms with Crippen molar-refractivity contribution in [3.05, 3.63) is 35.6 Å².